The molecule has 136 valence electrons. The summed E-state index contributed by atoms with van der Waals surface area (Å²) in [4.78, 5) is 0.0110. The smallest absolute Gasteiger partial charge is 0.268 e. The van der Waals surface area contributed by atoms with Crippen molar-refractivity contribution in [2.75, 3.05) is 10.0 Å². The summed E-state index contributed by atoms with van der Waals surface area (Å²) in [5, 5.41) is 14.8. The third kappa shape index (κ3) is 3.52. The molecule has 2 heterocycles. The van der Waals surface area contributed by atoms with Gasteiger partial charge in [-0.3, -0.25) is 4.72 Å². The predicted octanol–water partition coefficient (Wildman–Crippen LogP) is 3.24. The molecule has 0 bridgehead atoms. The molecule has 0 saturated heterocycles. The highest BCUT2D eigenvalue weighted by atomic mass is 32.2. The van der Waals surface area contributed by atoms with E-state index in [2.05, 4.69) is 25.4 Å². The highest BCUT2D eigenvalue weighted by Crippen LogP contribution is 2.23. The Balaban J connectivity index is 1.79. The van der Waals surface area contributed by atoms with Crippen LogP contribution in [0.1, 0.15) is 22.6 Å². The zero-order chi connectivity index (χ0) is 18.9. The summed E-state index contributed by atoms with van der Waals surface area (Å²) in [6.07, 6.45) is 0. The summed E-state index contributed by atoms with van der Waals surface area (Å²) >= 11 is 0. The van der Waals surface area contributed by atoms with Crippen LogP contribution in [-0.2, 0) is 10.0 Å². The fraction of sp³-hybridized carbons (Fsp3) is 0.235. The monoisotopic (exact) mass is 373 g/mol. The Bertz CT molecular complexity index is 1020. The summed E-state index contributed by atoms with van der Waals surface area (Å²) in [5.41, 5.74) is 3.48. The van der Waals surface area contributed by atoms with Gasteiger partial charge in [0.1, 0.15) is 5.69 Å². The standard InChI is InChI=1S/C17H19N5O3S/c1-10-6-5-7-14(11(10)2)18-15-8-9-16(20-19-15)22-26(23,24)17-12(3)21-25-13(17)4/h5-9H,1-4H3,(H,18,19)(H,20,22). The summed E-state index contributed by atoms with van der Waals surface area (Å²) in [7, 11) is -3.84. The average Bonchev–Trinajstić information content (AvgIpc) is 2.93. The van der Waals surface area contributed by atoms with Gasteiger partial charge in [-0.2, -0.15) is 0 Å². The number of hydrogen-bond donors (Lipinski definition) is 2. The van der Waals surface area contributed by atoms with E-state index >= 15 is 0 Å². The first kappa shape index (κ1) is 17.9. The lowest BCUT2D eigenvalue weighted by Gasteiger charge is -2.11. The van der Waals surface area contributed by atoms with Gasteiger partial charge in [-0.15, -0.1) is 10.2 Å². The molecule has 0 amide bonds. The molecule has 0 aliphatic rings. The minimum absolute atomic E-state index is 0.0110. The van der Waals surface area contributed by atoms with Gasteiger partial charge in [-0.25, -0.2) is 8.42 Å². The van der Waals surface area contributed by atoms with Gasteiger partial charge in [0.25, 0.3) is 10.0 Å². The van der Waals surface area contributed by atoms with Gasteiger partial charge in [0.15, 0.2) is 22.3 Å². The molecular formula is C17H19N5O3S. The molecule has 8 nitrogen and oxygen atoms in total. The van der Waals surface area contributed by atoms with Gasteiger partial charge in [-0.05, 0) is 57.0 Å². The van der Waals surface area contributed by atoms with Crippen LogP contribution in [-0.4, -0.2) is 23.8 Å². The Morgan fingerprint density at radius 1 is 0.962 bits per heavy atom. The molecule has 26 heavy (non-hydrogen) atoms. The Kier molecular flexibility index (Phi) is 4.64. The summed E-state index contributed by atoms with van der Waals surface area (Å²) in [6, 6.07) is 9.11. The van der Waals surface area contributed by atoms with E-state index in [1.807, 2.05) is 32.0 Å². The maximum Gasteiger partial charge on any atom is 0.268 e. The Morgan fingerprint density at radius 2 is 1.65 bits per heavy atom. The summed E-state index contributed by atoms with van der Waals surface area (Å²) in [5.74, 6) is 0.840. The van der Waals surface area contributed by atoms with Gasteiger partial charge >= 0.3 is 0 Å². The van der Waals surface area contributed by atoms with Crippen LogP contribution < -0.4 is 10.0 Å². The van der Waals surface area contributed by atoms with Gasteiger partial charge in [0, 0.05) is 5.69 Å². The number of nitrogens with zero attached hydrogens (tertiary/aromatic N) is 3. The second-order valence-corrected chi connectivity index (χ2v) is 7.55. The number of aromatic nitrogens is 3. The lowest BCUT2D eigenvalue weighted by molar-refractivity contribution is 0.390. The van der Waals surface area contributed by atoms with E-state index in [0.29, 0.717) is 5.82 Å². The van der Waals surface area contributed by atoms with E-state index in [-0.39, 0.29) is 22.2 Å². The van der Waals surface area contributed by atoms with Crippen molar-refractivity contribution >= 4 is 27.3 Å². The Labute approximate surface area is 151 Å². The van der Waals surface area contributed by atoms with Gasteiger partial charge in [0.2, 0.25) is 0 Å². The molecule has 0 aliphatic heterocycles. The van der Waals surface area contributed by atoms with Gasteiger partial charge in [0.05, 0.1) is 0 Å². The first-order valence-electron chi connectivity index (χ1n) is 7.90. The van der Waals surface area contributed by atoms with E-state index in [1.54, 1.807) is 13.0 Å². The zero-order valence-corrected chi connectivity index (χ0v) is 15.7. The molecule has 0 atom stereocenters. The van der Waals surface area contributed by atoms with Crippen molar-refractivity contribution in [1.29, 1.82) is 0 Å². The summed E-state index contributed by atoms with van der Waals surface area (Å²) in [6.45, 7) is 7.14. The first-order chi connectivity index (χ1) is 12.3. The zero-order valence-electron chi connectivity index (χ0n) is 14.9. The number of sulfonamides is 1. The van der Waals surface area contributed by atoms with Crippen LogP contribution in [0.25, 0.3) is 0 Å². The van der Waals surface area contributed by atoms with Crippen LogP contribution in [0.5, 0.6) is 0 Å². The number of anilines is 3. The maximum atomic E-state index is 12.5. The van der Waals surface area contributed by atoms with E-state index in [1.165, 1.54) is 13.0 Å². The maximum absolute atomic E-state index is 12.5. The van der Waals surface area contributed by atoms with Gasteiger partial charge in [-0.1, -0.05) is 17.3 Å². The quantitative estimate of drug-likeness (QED) is 0.706. The van der Waals surface area contributed by atoms with Crippen molar-refractivity contribution in [3.8, 4) is 0 Å². The van der Waals surface area contributed by atoms with E-state index in [4.69, 9.17) is 4.52 Å². The van der Waals surface area contributed by atoms with Crippen molar-refractivity contribution in [1.82, 2.24) is 15.4 Å². The van der Waals surface area contributed by atoms with E-state index in [9.17, 15) is 8.42 Å². The molecule has 1 aromatic carbocycles. The number of nitrogens with one attached hydrogen (secondary N) is 2. The van der Waals surface area contributed by atoms with E-state index in [0.717, 1.165) is 16.8 Å². The molecule has 2 aromatic heterocycles. The molecule has 0 saturated carbocycles. The third-order valence-corrected chi connectivity index (χ3v) is 5.61. The number of rotatable bonds is 5. The molecule has 0 fully saturated rings. The average molecular weight is 373 g/mol. The van der Waals surface area contributed by atoms with Crippen LogP contribution in [0, 0.1) is 27.7 Å². The SMILES string of the molecule is Cc1cccc(Nc2ccc(NS(=O)(=O)c3c(C)noc3C)nn2)c1C. The first-order valence-corrected chi connectivity index (χ1v) is 9.39. The Morgan fingerprint density at radius 3 is 2.27 bits per heavy atom. The van der Waals surface area contributed by atoms with Crippen LogP contribution >= 0.6 is 0 Å². The summed E-state index contributed by atoms with van der Waals surface area (Å²) < 4.78 is 32.2. The van der Waals surface area contributed by atoms with Crippen molar-refractivity contribution in [3.63, 3.8) is 0 Å². The number of benzene rings is 1. The predicted molar refractivity (Wildman–Crippen MR) is 98.0 cm³/mol. The fourth-order valence-corrected chi connectivity index (χ4v) is 3.85. The van der Waals surface area contributed by atoms with Crippen LogP contribution in [0.15, 0.2) is 39.8 Å². The minimum atomic E-state index is -3.84. The van der Waals surface area contributed by atoms with Crippen LogP contribution in [0.3, 0.4) is 0 Å². The normalized spacial score (nSPS) is 11.4. The molecule has 0 aliphatic carbocycles. The lowest BCUT2D eigenvalue weighted by Crippen LogP contribution is -2.15. The number of hydrogen-bond acceptors (Lipinski definition) is 7. The lowest BCUT2D eigenvalue weighted by atomic mass is 10.1. The molecular weight excluding hydrogens is 354 g/mol. The highest BCUT2D eigenvalue weighted by molar-refractivity contribution is 7.92. The third-order valence-electron chi connectivity index (χ3n) is 4.01. The largest absolute Gasteiger partial charge is 0.360 e. The van der Waals surface area contributed by atoms with Crippen LogP contribution in [0.4, 0.5) is 17.3 Å². The molecule has 3 rings (SSSR count). The Hall–Kier alpha value is -2.94. The highest BCUT2D eigenvalue weighted by Gasteiger charge is 2.24. The second-order valence-electron chi connectivity index (χ2n) is 5.94. The van der Waals surface area contributed by atoms with Crippen molar-refractivity contribution in [2.45, 2.75) is 32.6 Å². The molecule has 0 radical (unpaired) electrons. The number of aryl methyl sites for hydroxylation is 3. The van der Waals surface area contributed by atoms with E-state index < -0.39 is 10.0 Å². The van der Waals surface area contributed by atoms with Crippen molar-refractivity contribution in [2.24, 2.45) is 0 Å². The molecule has 0 unspecified atom stereocenters. The molecule has 0 spiro atoms. The fourth-order valence-electron chi connectivity index (χ4n) is 2.52. The van der Waals surface area contributed by atoms with Gasteiger partial charge < -0.3 is 9.84 Å². The molecule has 2 N–H and O–H groups in total. The molecule has 9 heteroatoms. The van der Waals surface area contributed by atoms with Crippen molar-refractivity contribution < 1.29 is 12.9 Å². The minimum Gasteiger partial charge on any atom is -0.360 e. The topological polar surface area (TPSA) is 110 Å². The van der Waals surface area contributed by atoms with Crippen molar-refractivity contribution in [3.05, 3.63) is 52.9 Å². The second kappa shape index (κ2) is 6.75. The molecule has 3 aromatic rings. The van der Waals surface area contributed by atoms with Crippen LogP contribution in [0.2, 0.25) is 0 Å².